The van der Waals surface area contributed by atoms with Crippen molar-refractivity contribution >= 4 is 11.8 Å². The van der Waals surface area contributed by atoms with E-state index in [0.29, 0.717) is 25.3 Å². The van der Waals surface area contributed by atoms with Crippen molar-refractivity contribution in [3.05, 3.63) is 30.3 Å². The molecule has 5 heteroatoms. The van der Waals surface area contributed by atoms with Gasteiger partial charge >= 0.3 is 0 Å². The van der Waals surface area contributed by atoms with Gasteiger partial charge in [0, 0.05) is 25.0 Å². The van der Waals surface area contributed by atoms with Crippen molar-refractivity contribution < 1.29 is 14.3 Å². The van der Waals surface area contributed by atoms with Gasteiger partial charge in [-0.25, -0.2) is 0 Å². The number of piperidine rings is 1. The van der Waals surface area contributed by atoms with Gasteiger partial charge in [-0.15, -0.1) is 0 Å². The highest BCUT2D eigenvalue weighted by Gasteiger charge is 2.41. The standard InChI is InChI=1S/C17H22N2O3/c1-13(22-14-5-3-2-4-6-14)16(21)19-11-9-17(10-12-19)8-7-15(20)18-17/h2-6,13H,7-12H2,1H3,(H,18,20). The smallest absolute Gasteiger partial charge is 0.263 e. The largest absolute Gasteiger partial charge is 0.481 e. The van der Waals surface area contributed by atoms with Crippen LogP contribution in [0.1, 0.15) is 32.6 Å². The Morgan fingerprint density at radius 3 is 2.50 bits per heavy atom. The van der Waals surface area contributed by atoms with Gasteiger partial charge in [-0.05, 0) is 38.3 Å². The van der Waals surface area contributed by atoms with E-state index in [0.717, 1.165) is 19.3 Å². The number of carbonyl (C=O) groups is 2. The summed E-state index contributed by atoms with van der Waals surface area (Å²) in [5.74, 6) is 0.864. The summed E-state index contributed by atoms with van der Waals surface area (Å²) in [7, 11) is 0. The number of nitrogens with zero attached hydrogens (tertiary/aromatic N) is 1. The molecule has 1 unspecified atom stereocenters. The van der Waals surface area contributed by atoms with E-state index in [4.69, 9.17) is 4.74 Å². The van der Waals surface area contributed by atoms with E-state index in [-0.39, 0.29) is 17.4 Å². The summed E-state index contributed by atoms with van der Waals surface area (Å²) in [5.41, 5.74) is -0.0720. The van der Waals surface area contributed by atoms with Crippen LogP contribution in [0.15, 0.2) is 30.3 Å². The van der Waals surface area contributed by atoms with E-state index in [2.05, 4.69) is 5.32 Å². The van der Waals surface area contributed by atoms with Gasteiger partial charge in [0.15, 0.2) is 6.10 Å². The van der Waals surface area contributed by atoms with Gasteiger partial charge in [-0.3, -0.25) is 9.59 Å². The Morgan fingerprint density at radius 1 is 1.23 bits per heavy atom. The highest BCUT2D eigenvalue weighted by Crippen LogP contribution is 2.31. The van der Waals surface area contributed by atoms with Crippen molar-refractivity contribution in [3.63, 3.8) is 0 Å². The zero-order valence-corrected chi connectivity index (χ0v) is 12.9. The van der Waals surface area contributed by atoms with Crippen LogP contribution in [0.2, 0.25) is 0 Å². The van der Waals surface area contributed by atoms with Crippen molar-refractivity contribution in [1.82, 2.24) is 10.2 Å². The molecule has 0 radical (unpaired) electrons. The van der Waals surface area contributed by atoms with Crippen molar-refractivity contribution in [1.29, 1.82) is 0 Å². The van der Waals surface area contributed by atoms with Crippen LogP contribution >= 0.6 is 0 Å². The number of rotatable bonds is 3. The number of carbonyl (C=O) groups excluding carboxylic acids is 2. The van der Waals surface area contributed by atoms with Crippen LogP contribution in [0.4, 0.5) is 0 Å². The van der Waals surface area contributed by atoms with Crippen molar-refractivity contribution in [2.24, 2.45) is 0 Å². The molecule has 3 rings (SSSR count). The first-order valence-electron chi connectivity index (χ1n) is 7.90. The molecular formula is C17H22N2O3. The first-order valence-corrected chi connectivity index (χ1v) is 7.90. The Morgan fingerprint density at radius 2 is 1.91 bits per heavy atom. The lowest BCUT2D eigenvalue weighted by Gasteiger charge is -2.39. The summed E-state index contributed by atoms with van der Waals surface area (Å²) in [4.78, 5) is 25.8. The molecule has 1 atom stereocenters. The van der Waals surface area contributed by atoms with E-state index < -0.39 is 6.10 Å². The lowest BCUT2D eigenvalue weighted by molar-refractivity contribution is -0.139. The van der Waals surface area contributed by atoms with Gasteiger partial charge in [0.25, 0.3) is 5.91 Å². The molecule has 2 aliphatic rings. The van der Waals surface area contributed by atoms with Crippen LogP contribution in [-0.2, 0) is 9.59 Å². The third-order valence-corrected chi connectivity index (χ3v) is 4.67. The molecule has 1 aromatic rings. The van der Waals surface area contributed by atoms with Crippen LogP contribution in [0.25, 0.3) is 0 Å². The Balaban J connectivity index is 1.54. The lowest BCUT2D eigenvalue weighted by atomic mass is 9.86. The molecule has 0 saturated carbocycles. The Hall–Kier alpha value is -2.04. The molecule has 22 heavy (non-hydrogen) atoms. The number of ether oxygens (including phenoxy) is 1. The van der Waals surface area contributed by atoms with E-state index in [9.17, 15) is 9.59 Å². The molecule has 118 valence electrons. The number of hydrogen-bond acceptors (Lipinski definition) is 3. The van der Waals surface area contributed by atoms with E-state index in [1.165, 1.54) is 0 Å². The number of nitrogens with one attached hydrogen (secondary N) is 1. The second-order valence-corrected chi connectivity index (χ2v) is 6.23. The maximum absolute atomic E-state index is 12.5. The van der Waals surface area contributed by atoms with Gasteiger partial charge < -0.3 is 15.0 Å². The number of benzene rings is 1. The lowest BCUT2D eigenvalue weighted by Crippen LogP contribution is -2.54. The fraction of sp³-hybridized carbons (Fsp3) is 0.529. The third kappa shape index (κ3) is 3.08. The molecule has 2 aliphatic heterocycles. The summed E-state index contributed by atoms with van der Waals surface area (Å²) in [6.07, 6.45) is 2.69. The fourth-order valence-corrected chi connectivity index (χ4v) is 3.31. The molecule has 0 bridgehead atoms. The Kier molecular flexibility index (Phi) is 4.05. The highest BCUT2D eigenvalue weighted by atomic mass is 16.5. The highest BCUT2D eigenvalue weighted by molar-refractivity contribution is 5.81. The number of para-hydroxylation sites is 1. The number of likely N-dealkylation sites (tertiary alicyclic amines) is 1. The van der Waals surface area contributed by atoms with E-state index >= 15 is 0 Å². The predicted octanol–water partition coefficient (Wildman–Crippen LogP) is 1.73. The van der Waals surface area contributed by atoms with Crippen LogP contribution in [0.3, 0.4) is 0 Å². The van der Waals surface area contributed by atoms with E-state index in [1.807, 2.05) is 35.2 Å². The molecule has 0 aromatic heterocycles. The molecule has 1 aromatic carbocycles. The van der Waals surface area contributed by atoms with Gasteiger partial charge in [0.2, 0.25) is 5.91 Å². The van der Waals surface area contributed by atoms with Crippen LogP contribution in [-0.4, -0.2) is 41.4 Å². The molecule has 2 saturated heterocycles. The topological polar surface area (TPSA) is 58.6 Å². The molecule has 1 spiro atoms. The minimum absolute atomic E-state index is 0.0167. The van der Waals surface area contributed by atoms with Crippen molar-refractivity contribution in [2.75, 3.05) is 13.1 Å². The minimum atomic E-state index is -0.491. The second kappa shape index (κ2) is 5.99. The zero-order chi connectivity index (χ0) is 15.6. The number of hydrogen-bond donors (Lipinski definition) is 1. The maximum Gasteiger partial charge on any atom is 0.263 e. The summed E-state index contributed by atoms with van der Waals surface area (Å²) in [5, 5.41) is 3.09. The second-order valence-electron chi connectivity index (χ2n) is 6.23. The average Bonchev–Trinajstić information content (AvgIpc) is 2.89. The van der Waals surface area contributed by atoms with Gasteiger partial charge in [-0.1, -0.05) is 18.2 Å². The first kappa shape index (κ1) is 14.9. The molecule has 2 amide bonds. The zero-order valence-electron chi connectivity index (χ0n) is 12.9. The SMILES string of the molecule is CC(Oc1ccccc1)C(=O)N1CCC2(CCC(=O)N2)CC1. The minimum Gasteiger partial charge on any atom is -0.481 e. The predicted molar refractivity (Wildman–Crippen MR) is 82.5 cm³/mol. The maximum atomic E-state index is 12.5. The summed E-state index contributed by atoms with van der Waals surface area (Å²) in [6, 6.07) is 9.39. The summed E-state index contributed by atoms with van der Waals surface area (Å²) >= 11 is 0. The van der Waals surface area contributed by atoms with Crippen LogP contribution in [0, 0.1) is 0 Å². The van der Waals surface area contributed by atoms with Gasteiger partial charge in [-0.2, -0.15) is 0 Å². The third-order valence-electron chi connectivity index (χ3n) is 4.67. The van der Waals surface area contributed by atoms with E-state index in [1.54, 1.807) is 6.92 Å². The average molecular weight is 302 g/mol. The molecular weight excluding hydrogens is 280 g/mol. The van der Waals surface area contributed by atoms with Crippen LogP contribution in [0.5, 0.6) is 5.75 Å². The quantitative estimate of drug-likeness (QED) is 0.925. The summed E-state index contributed by atoms with van der Waals surface area (Å²) in [6.45, 7) is 3.15. The Labute approximate surface area is 130 Å². The molecule has 1 N–H and O–H groups in total. The molecule has 5 nitrogen and oxygen atoms in total. The van der Waals surface area contributed by atoms with Crippen molar-refractivity contribution in [3.8, 4) is 5.75 Å². The van der Waals surface area contributed by atoms with Gasteiger partial charge in [0.05, 0.1) is 0 Å². The monoisotopic (exact) mass is 302 g/mol. The number of amides is 2. The molecule has 0 aliphatic carbocycles. The normalized spacial score (nSPS) is 21.5. The Bertz CT molecular complexity index is 550. The van der Waals surface area contributed by atoms with Crippen molar-refractivity contribution in [2.45, 2.75) is 44.2 Å². The molecule has 2 fully saturated rings. The first-order chi connectivity index (χ1) is 10.6. The summed E-state index contributed by atoms with van der Waals surface area (Å²) < 4.78 is 5.70. The van der Waals surface area contributed by atoms with Gasteiger partial charge in [0.1, 0.15) is 5.75 Å². The fourth-order valence-electron chi connectivity index (χ4n) is 3.31. The molecule has 2 heterocycles. The van der Waals surface area contributed by atoms with Crippen LogP contribution < -0.4 is 10.1 Å².